The fourth-order valence-corrected chi connectivity index (χ4v) is 2.81. The zero-order valence-electron chi connectivity index (χ0n) is 12.9. The molecule has 0 bridgehead atoms. The summed E-state index contributed by atoms with van der Waals surface area (Å²) < 4.78 is 12.3. The van der Waals surface area contributed by atoms with Gasteiger partial charge in [0.25, 0.3) is 0 Å². The standard InChI is InChI=1S/C16H26BrNO2/c1-5-16(20-7-3)15(18-6-2)11-12-10-13(19-4)8-9-14(12)17/h8-10,15-16,18H,5-7,11H2,1-4H3. The van der Waals surface area contributed by atoms with Gasteiger partial charge in [-0.05, 0) is 50.1 Å². The quantitative estimate of drug-likeness (QED) is 0.739. The topological polar surface area (TPSA) is 30.5 Å². The average molecular weight is 344 g/mol. The monoisotopic (exact) mass is 343 g/mol. The van der Waals surface area contributed by atoms with Crippen LogP contribution in [0.3, 0.4) is 0 Å². The zero-order chi connectivity index (χ0) is 15.0. The summed E-state index contributed by atoms with van der Waals surface area (Å²) in [5, 5.41) is 3.54. The van der Waals surface area contributed by atoms with Crippen molar-refractivity contribution in [3.63, 3.8) is 0 Å². The lowest BCUT2D eigenvalue weighted by Crippen LogP contribution is -2.42. The van der Waals surface area contributed by atoms with Gasteiger partial charge in [0.15, 0.2) is 0 Å². The maximum Gasteiger partial charge on any atom is 0.119 e. The molecule has 3 nitrogen and oxygen atoms in total. The summed E-state index contributed by atoms with van der Waals surface area (Å²) in [6.07, 6.45) is 2.16. The Morgan fingerprint density at radius 1 is 1.25 bits per heavy atom. The van der Waals surface area contributed by atoms with E-state index in [9.17, 15) is 0 Å². The lowest BCUT2D eigenvalue weighted by molar-refractivity contribution is 0.0323. The molecule has 1 N–H and O–H groups in total. The zero-order valence-corrected chi connectivity index (χ0v) is 14.5. The van der Waals surface area contributed by atoms with Gasteiger partial charge in [-0.1, -0.05) is 29.8 Å². The molecule has 2 atom stereocenters. The Bertz CT molecular complexity index is 398. The Morgan fingerprint density at radius 2 is 2.00 bits per heavy atom. The summed E-state index contributed by atoms with van der Waals surface area (Å²) in [6, 6.07) is 6.41. The fourth-order valence-electron chi connectivity index (χ4n) is 2.40. The van der Waals surface area contributed by atoms with Crippen LogP contribution in [0.25, 0.3) is 0 Å². The third kappa shape index (κ3) is 5.08. The van der Waals surface area contributed by atoms with E-state index in [0.717, 1.165) is 36.2 Å². The van der Waals surface area contributed by atoms with Gasteiger partial charge in [0.2, 0.25) is 0 Å². The van der Waals surface area contributed by atoms with Crippen LogP contribution in [0.4, 0.5) is 0 Å². The van der Waals surface area contributed by atoms with Crippen molar-refractivity contribution in [1.82, 2.24) is 5.32 Å². The SMILES string of the molecule is CCNC(Cc1cc(OC)ccc1Br)C(CC)OCC. The normalized spacial score (nSPS) is 14.1. The van der Waals surface area contributed by atoms with Gasteiger partial charge in [0.05, 0.1) is 13.2 Å². The summed E-state index contributed by atoms with van der Waals surface area (Å²) in [6.45, 7) is 8.04. The van der Waals surface area contributed by atoms with E-state index >= 15 is 0 Å². The first-order valence-corrected chi connectivity index (χ1v) is 8.12. The molecule has 0 aromatic heterocycles. The highest BCUT2D eigenvalue weighted by Crippen LogP contribution is 2.25. The fraction of sp³-hybridized carbons (Fsp3) is 0.625. The molecule has 0 aliphatic carbocycles. The molecule has 114 valence electrons. The average Bonchev–Trinajstić information content (AvgIpc) is 2.46. The number of halogens is 1. The van der Waals surface area contributed by atoms with Gasteiger partial charge in [0, 0.05) is 17.1 Å². The molecular formula is C16H26BrNO2. The number of nitrogens with one attached hydrogen (secondary N) is 1. The predicted molar refractivity (Wildman–Crippen MR) is 87.6 cm³/mol. The van der Waals surface area contributed by atoms with E-state index in [0.29, 0.717) is 6.04 Å². The van der Waals surface area contributed by atoms with Gasteiger partial charge in [-0.3, -0.25) is 0 Å². The lowest BCUT2D eigenvalue weighted by Gasteiger charge is -2.27. The van der Waals surface area contributed by atoms with Gasteiger partial charge in [-0.25, -0.2) is 0 Å². The van der Waals surface area contributed by atoms with Gasteiger partial charge in [-0.15, -0.1) is 0 Å². The summed E-state index contributed by atoms with van der Waals surface area (Å²) in [5.74, 6) is 0.892. The summed E-state index contributed by atoms with van der Waals surface area (Å²) in [5.41, 5.74) is 1.24. The molecule has 0 spiro atoms. The highest BCUT2D eigenvalue weighted by molar-refractivity contribution is 9.10. The van der Waals surface area contributed by atoms with Crippen LogP contribution in [0.1, 0.15) is 32.8 Å². The second kappa shape index (κ2) is 9.37. The first kappa shape index (κ1) is 17.5. The van der Waals surface area contributed by atoms with Crippen molar-refractivity contribution in [2.24, 2.45) is 0 Å². The summed E-state index contributed by atoms with van der Waals surface area (Å²) in [7, 11) is 1.70. The molecule has 4 heteroatoms. The van der Waals surface area contributed by atoms with E-state index in [-0.39, 0.29) is 6.10 Å². The Balaban J connectivity index is 2.88. The van der Waals surface area contributed by atoms with Crippen molar-refractivity contribution < 1.29 is 9.47 Å². The third-order valence-corrected chi connectivity index (χ3v) is 4.16. The van der Waals surface area contributed by atoms with E-state index in [4.69, 9.17) is 9.47 Å². The Kier molecular flexibility index (Phi) is 8.19. The Labute approximate surface area is 131 Å². The lowest BCUT2D eigenvalue weighted by atomic mass is 9.99. The maximum atomic E-state index is 5.87. The van der Waals surface area contributed by atoms with Crippen LogP contribution in [-0.4, -0.2) is 32.4 Å². The minimum atomic E-state index is 0.234. The molecule has 20 heavy (non-hydrogen) atoms. The minimum absolute atomic E-state index is 0.234. The minimum Gasteiger partial charge on any atom is -0.497 e. The van der Waals surface area contributed by atoms with Crippen LogP contribution in [0, 0.1) is 0 Å². The highest BCUT2D eigenvalue weighted by Gasteiger charge is 2.21. The van der Waals surface area contributed by atoms with E-state index in [1.165, 1.54) is 5.56 Å². The van der Waals surface area contributed by atoms with Crippen LogP contribution in [-0.2, 0) is 11.2 Å². The number of likely N-dealkylation sites (N-methyl/N-ethyl adjacent to an activating group) is 1. The number of ether oxygens (including phenoxy) is 2. The molecule has 0 fully saturated rings. The number of hydrogen-bond donors (Lipinski definition) is 1. The van der Waals surface area contributed by atoms with Gasteiger partial charge in [0.1, 0.15) is 5.75 Å². The molecule has 0 aliphatic rings. The largest absolute Gasteiger partial charge is 0.497 e. The molecule has 0 saturated heterocycles. The third-order valence-electron chi connectivity index (χ3n) is 3.39. The predicted octanol–water partition coefficient (Wildman–Crippen LogP) is 3.79. The van der Waals surface area contributed by atoms with Crippen LogP contribution in [0.2, 0.25) is 0 Å². The molecule has 0 amide bonds. The van der Waals surface area contributed by atoms with Crippen molar-refractivity contribution >= 4 is 15.9 Å². The first-order chi connectivity index (χ1) is 9.65. The van der Waals surface area contributed by atoms with Gasteiger partial charge < -0.3 is 14.8 Å². The summed E-state index contributed by atoms with van der Waals surface area (Å²) >= 11 is 3.63. The van der Waals surface area contributed by atoms with E-state index in [1.807, 2.05) is 19.1 Å². The number of hydrogen-bond acceptors (Lipinski definition) is 3. The first-order valence-electron chi connectivity index (χ1n) is 7.33. The highest BCUT2D eigenvalue weighted by atomic mass is 79.9. The van der Waals surface area contributed by atoms with Crippen LogP contribution in [0.15, 0.2) is 22.7 Å². The maximum absolute atomic E-state index is 5.87. The Hall–Kier alpha value is -0.580. The van der Waals surface area contributed by atoms with Crippen LogP contribution >= 0.6 is 15.9 Å². The molecule has 2 unspecified atom stereocenters. The second-order valence-corrected chi connectivity index (χ2v) is 5.58. The van der Waals surface area contributed by atoms with Crippen molar-refractivity contribution in [2.45, 2.75) is 45.8 Å². The molecule has 0 aliphatic heterocycles. The van der Waals surface area contributed by atoms with Crippen LogP contribution in [0.5, 0.6) is 5.75 Å². The number of rotatable bonds is 9. The van der Waals surface area contributed by atoms with Crippen molar-refractivity contribution in [3.05, 3.63) is 28.2 Å². The van der Waals surface area contributed by atoms with Gasteiger partial charge in [-0.2, -0.15) is 0 Å². The molecule has 0 radical (unpaired) electrons. The molecule has 1 aromatic rings. The van der Waals surface area contributed by atoms with Crippen molar-refractivity contribution in [2.75, 3.05) is 20.3 Å². The van der Waals surface area contributed by atoms with Gasteiger partial charge >= 0.3 is 0 Å². The number of methoxy groups -OCH3 is 1. The second-order valence-electron chi connectivity index (χ2n) is 4.73. The molecule has 1 rings (SSSR count). The van der Waals surface area contributed by atoms with Crippen molar-refractivity contribution in [3.8, 4) is 5.75 Å². The summed E-state index contributed by atoms with van der Waals surface area (Å²) in [4.78, 5) is 0. The molecular weight excluding hydrogens is 318 g/mol. The molecule has 0 heterocycles. The molecule has 1 aromatic carbocycles. The van der Waals surface area contributed by atoms with Crippen molar-refractivity contribution in [1.29, 1.82) is 0 Å². The smallest absolute Gasteiger partial charge is 0.119 e. The van der Waals surface area contributed by atoms with Crippen LogP contribution < -0.4 is 10.1 Å². The molecule has 0 saturated carbocycles. The van der Waals surface area contributed by atoms with E-state index in [1.54, 1.807) is 7.11 Å². The van der Waals surface area contributed by atoms with E-state index < -0.39 is 0 Å². The van der Waals surface area contributed by atoms with E-state index in [2.05, 4.69) is 41.2 Å². The number of benzene rings is 1. The Morgan fingerprint density at radius 3 is 2.55 bits per heavy atom.